The fraction of sp³-hybridized carbons (Fsp3) is 0.400. The highest BCUT2D eigenvalue weighted by Crippen LogP contribution is 2.27. The van der Waals surface area contributed by atoms with Crippen LogP contribution in [0, 0.1) is 6.92 Å². The van der Waals surface area contributed by atoms with E-state index in [4.69, 9.17) is 16.6 Å². The Kier molecular flexibility index (Phi) is 5.34. The third-order valence-electron chi connectivity index (χ3n) is 4.96. The standard InChI is InChI=1S/C20H23ClN6/c1-13-8-9-15(12-16(13)21)24-19-17-18(23-11-10-22-17)26-20(27-19)25-14-6-4-2-3-5-7-14/h8-12,14H,2-7H2,1H3,(H2,23,24,25,26,27). The van der Waals surface area contributed by atoms with Crippen molar-refractivity contribution in [2.75, 3.05) is 10.6 Å². The number of hydrogen-bond donors (Lipinski definition) is 2. The molecule has 1 fully saturated rings. The Balaban J connectivity index is 1.66. The van der Waals surface area contributed by atoms with E-state index in [1.54, 1.807) is 12.4 Å². The number of aromatic nitrogens is 4. The maximum absolute atomic E-state index is 6.26. The zero-order chi connectivity index (χ0) is 18.6. The molecule has 2 N–H and O–H groups in total. The van der Waals surface area contributed by atoms with Crippen LogP contribution in [-0.2, 0) is 0 Å². The number of rotatable bonds is 4. The first-order chi connectivity index (χ1) is 13.2. The van der Waals surface area contributed by atoms with Crippen molar-refractivity contribution in [2.24, 2.45) is 0 Å². The van der Waals surface area contributed by atoms with Gasteiger partial charge in [0.2, 0.25) is 5.95 Å². The predicted octanol–water partition coefficient (Wildman–Crippen LogP) is 5.26. The highest BCUT2D eigenvalue weighted by Gasteiger charge is 2.16. The number of anilines is 3. The molecule has 0 amide bonds. The molecule has 0 bridgehead atoms. The second-order valence-electron chi connectivity index (χ2n) is 7.05. The first-order valence-electron chi connectivity index (χ1n) is 9.47. The first-order valence-corrected chi connectivity index (χ1v) is 9.85. The Bertz CT molecular complexity index is 937. The maximum Gasteiger partial charge on any atom is 0.227 e. The van der Waals surface area contributed by atoms with Gasteiger partial charge in [-0.15, -0.1) is 0 Å². The van der Waals surface area contributed by atoms with Crippen LogP contribution < -0.4 is 10.6 Å². The quantitative estimate of drug-likeness (QED) is 0.599. The number of benzene rings is 1. The van der Waals surface area contributed by atoms with E-state index in [1.165, 1.54) is 25.7 Å². The SMILES string of the molecule is Cc1ccc(Nc2nc(NC3CCCCCC3)nc3nccnc23)cc1Cl. The topological polar surface area (TPSA) is 75.6 Å². The highest BCUT2D eigenvalue weighted by atomic mass is 35.5. The van der Waals surface area contributed by atoms with Crippen LogP contribution in [0.1, 0.15) is 44.1 Å². The molecular weight excluding hydrogens is 360 g/mol. The van der Waals surface area contributed by atoms with Crippen molar-refractivity contribution in [1.82, 2.24) is 19.9 Å². The zero-order valence-electron chi connectivity index (χ0n) is 15.4. The van der Waals surface area contributed by atoms with Crippen LogP contribution in [0.4, 0.5) is 17.5 Å². The molecular formula is C20H23ClN6. The number of halogens is 1. The number of fused-ring (bicyclic) bond motifs is 1. The molecule has 0 saturated heterocycles. The van der Waals surface area contributed by atoms with Gasteiger partial charge in [-0.2, -0.15) is 9.97 Å². The summed E-state index contributed by atoms with van der Waals surface area (Å²) in [7, 11) is 0. The average Bonchev–Trinajstić information content (AvgIpc) is 2.93. The number of hydrogen-bond acceptors (Lipinski definition) is 6. The number of aryl methyl sites for hydroxylation is 1. The van der Waals surface area contributed by atoms with Crippen LogP contribution in [0.2, 0.25) is 5.02 Å². The molecule has 7 heteroatoms. The highest BCUT2D eigenvalue weighted by molar-refractivity contribution is 6.31. The van der Waals surface area contributed by atoms with Crippen molar-refractivity contribution >= 4 is 40.2 Å². The van der Waals surface area contributed by atoms with E-state index >= 15 is 0 Å². The van der Waals surface area contributed by atoms with Gasteiger partial charge in [0.1, 0.15) is 0 Å². The first kappa shape index (κ1) is 17.9. The van der Waals surface area contributed by atoms with Crippen LogP contribution in [0.3, 0.4) is 0 Å². The Morgan fingerprint density at radius 3 is 2.56 bits per heavy atom. The Hall–Kier alpha value is -2.47. The lowest BCUT2D eigenvalue weighted by atomic mass is 10.1. The summed E-state index contributed by atoms with van der Waals surface area (Å²) in [5.74, 6) is 1.22. The van der Waals surface area contributed by atoms with E-state index in [2.05, 4.69) is 25.6 Å². The molecule has 6 nitrogen and oxygen atoms in total. The summed E-state index contributed by atoms with van der Waals surface area (Å²) in [6, 6.07) is 6.25. The van der Waals surface area contributed by atoms with Crippen molar-refractivity contribution in [1.29, 1.82) is 0 Å². The minimum atomic E-state index is 0.406. The van der Waals surface area contributed by atoms with Gasteiger partial charge in [-0.25, -0.2) is 9.97 Å². The lowest BCUT2D eigenvalue weighted by molar-refractivity contribution is 0.615. The molecule has 4 rings (SSSR count). The molecule has 2 aromatic heterocycles. The lowest BCUT2D eigenvalue weighted by Crippen LogP contribution is -2.20. The monoisotopic (exact) mass is 382 g/mol. The molecule has 1 aliphatic rings. The van der Waals surface area contributed by atoms with E-state index in [-0.39, 0.29) is 0 Å². The van der Waals surface area contributed by atoms with Crippen molar-refractivity contribution in [2.45, 2.75) is 51.5 Å². The molecule has 1 saturated carbocycles. The zero-order valence-corrected chi connectivity index (χ0v) is 16.1. The van der Waals surface area contributed by atoms with Crippen molar-refractivity contribution < 1.29 is 0 Å². The van der Waals surface area contributed by atoms with Gasteiger partial charge in [-0.1, -0.05) is 43.4 Å². The molecule has 1 aliphatic carbocycles. The van der Waals surface area contributed by atoms with E-state index in [1.807, 2.05) is 25.1 Å². The number of nitrogens with zero attached hydrogens (tertiary/aromatic N) is 4. The Morgan fingerprint density at radius 1 is 1.00 bits per heavy atom. The van der Waals surface area contributed by atoms with Gasteiger partial charge >= 0.3 is 0 Å². The molecule has 0 radical (unpaired) electrons. The third kappa shape index (κ3) is 4.27. The summed E-state index contributed by atoms with van der Waals surface area (Å²) in [4.78, 5) is 18.0. The fourth-order valence-corrected chi connectivity index (χ4v) is 3.61. The summed E-state index contributed by atoms with van der Waals surface area (Å²) in [6.07, 6.45) is 10.7. The summed E-state index contributed by atoms with van der Waals surface area (Å²) in [5.41, 5.74) is 3.10. The van der Waals surface area contributed by atoms with Crippen molar-refractivity contribution in [3.05, 3.63) is 41.2 Å². The lowest BCUT2D eigenvalue weighted by Gasteiger charge is -2.17. The molecule has 140 valence electrons. The molecule has 0 aliphatic heterocycles. The summed E-state index contributed by atoms with van der Waals surface area (Å²) in [6.45, 7) is 1.98. The van der Waals surface area contributed by atoms with Crippen LogP contribution in [-0.4, -0.2) is 26.0 Å². The Morgan fingerprint density at radius 2 is 1.78 bits per heavy atom. The maximum atomic E-state index is 6.26. The summed E-state index contributed by atoms with van der Waals surface area (Å²) in [5, 5.41) is 7.54. The van der Waals surface area contributed by atoms with Crippen LogP contribution in [0.15, 0.2) is 30.6 Å². The smallest absolute Gasteiger partial charge is 0.227 e. The van der Waals surface area contributed by atoms with Gasteiger partial charge < -0.3 is 10.6 Å². The van der Waals surface area contributed by atoms with E-state index in [0.29, 0.717) is 34.0 Å². The fourth-order valence-electron chi connectivity index (χ4n) is 3.43. The van der Waals surface area contributed by atoms with E-state index < -0.39 is 0 Å². The molecule has 3 aromatic rings. The van der Waals surface area contributed by atoms with E-state index in [0.717, 1.165) is 24.1 Å². The number of nitrogens with one attached hydrogen (secondary N) is 2. The second kappa shape index (κ2) is 8.05. The van der Waals surface area contributed by atoms with Crippen LogP contribution >= 0.6 is 11.6 Å². The van der Waals surface area contributed by atoms with Gasteiger partial charge in [0.15, 0.2) is 17.0 Å². The molecule has 0 unspecified atom stereocenters. The Labute approximate surface area is 163 Å². The largest absolute Gasteiger partial charge is 0.351 e. The summed E-state index contributed by atoms with van der Waals surface area (Å²) >= 11 is 6.26. The summed E-state index contributed by atoms with van der Waals surface area (Å²) < 4.78 is 0. The van der Waals surface area contributed by atoms with Gasteiger partial charge in [0.05, 0.1) is 0 Å². The molecule has 27 heavy (non-hydrogen) atoms. The molecule has 1 aromatic carbocycles. The molecule has 2 heterocycles. The normalized spacial score (nSPS) is 15.5. The van der Waals surface area contributed by atoms with Gasteiger partial charge in [-0.05, 0) is 37.5 Å². The van der Waals surface area contributed by atoms with E-state index in [9.17, 15) is 0 Å². The van der Waals surface area contributed by atoms with Crippen LogP contribution in [0.25, 0.3) is 11.2 Å². The van der Waals surface area contributed by atoms with Gasteiger partial charge in [-0.3, -0.25) is 0 Å². The van der Waals surface area contributed by atoms with Gasteiger partial charge in [0, 0.05) is 29.1 Å². The van der Waals surface area contributed by atoms with Crippen LogP contribution in [0.5, 0.6) is 0 Å². The van der Waals surface area contributed by atoms with Gasteiger partial charge in [0.25, 0.3) is 0 Å². The minimum absolute atomic E-state index is 0.406. The molecule has 0 atom stereocenters. The van der Waals surface area contributed by atoms with Crippen molar-refractivity contribution in [3.63, 3.8) is 0 Å². The third-order valence-corrected chi connectivity index (χ3v) is 5.36. The van der Waals surface area contributed by atoms with Crippen molar-refractivity contribution in [3.8, 4) is 0 Å². The average molecular weight is 383 g/mol. The minimum Gasteiger partial charge on any atom is -0.351 e. The predicted molar refractivity (Wildman–Crippen MR) is 110 cm³/mol. The second-order valence-corrected chi connectivity index (χ2v) is 7.45. The molecule has 0 spiro atoms.